The Morgan fingerprint density at radius 2 is 1.12 bits per heavy atom. The molecule has 0 N–H and O–H groups in total. The molecule has 11 aromatic rings. The smallest absolute Gasteiger partial charge is 0.232 e. The zero-order valence-corrected chi connectivity index (χ0v) is 35.3. The molecule has 2 aliphatic rings. The topological polar surface area (TPSA) is 56.2 Å². The molecule has 0 saturated carbocycles. The molecule has 0 radical (unpaired) electrons. The van der Waals surface area contributed by atoms with E-state index in [4.69, 9.17) is 14.7 Å². The minimum Gasteiger partial charge on any atom is -0.457 e. The van der Waals surface area contributed by atoms with Crippen molar-refractivity contribution in [3.8, 4) is 28.3 Å². The number of ether oxygens (including phenoxy) is 1. The number of rotatable bonds is 4. The number of nitrogens with zero attached hydrogens (tertiary/aromatic N) is 5. The van der Waals surface area contributed by atoms with Gasteiger partial charge >= 0.3 is 0 Å². The monoisotopic (exact) mass is 833 g/mol. The number of para-hydroxylation sites is 4. The van der Waals surface area contributed by atoms with Gasteiger partial charge in [0, 0.05) is 49.5 Å². The molecule has 0 atom stereocenters. The minimum absolute atomic E-state index is 0.435. The van der Waals surface area contributed by atoms with Crippen molar-refractivity contribution in [1.82, 2.24) is 9.13 Å². The average Bonchev–Trinajstić information content (AvgIpc) is 3.98. The van der Waals surface area contributed by atoms with Crippen molar-refractivity contribution in [1.29, 1.82) is 0 Å². The molecule has 0 bridgehead atoms. The van der Waals surface area contributed by atoms with Crippen LogP contribution in [0, 0.1) is 0 Å². The summed E-state index contributed by atoms with van der Waals surface area (Å²) >= 11 is 0. The van der Waals surface area contributed by atoms with Gasteiger partial charge in [0.05, 0.1) is 34.0 Å². The normalized spacial score (nSPS) is 13.8. The Labute approximate surface area is 375 Å². The van der Waals surface area contributed by atoms with E-state index in [2.05, 4.69) is 185 Å². The summed E-state index contributed by atoms with van der Waals surface area (Å²) in [6, 6.07) is 75.2. The molecule has 0 amide bonds. The molecule has 6 nitrogen and oxygen atoms in total. The molecule has 0 saturated heterocycles. The second kappa shape index (κ2) is 14.5. The quantitative estimate of drug-likeness (QED) is 0.129. The highest BCUT2D eigenvalue weighted by molar-refractivity contribution is 6.24. The van der Waals surface area contributed by atoms with Gasteiger partial charge in [-0.1, -0.05) is 170 Å². The van der Waals surface area contributed by atoms with E-state index in [0.29, 0.717) is 18.3 Å². The van der Waals surface area contributed by atoms with E-state index in [1.807, 2.05) is 48.5 Å². The van der Waals surface area contributed by atoms with E-state index in [0.717, 1.165) is 77.7 Å². The fourth-order valence-corrected chi connectivity index (χ4v) is 10.7. The molecule has 13 rings (SSSR count). The Morgan fingerprint density at radius 1 is 0.508 bits per heavy atom. The minimum atomic E-state index is -0.598. The second-order valence-electron chi connectivity index (χ2n) is 16.7. The molecule has 0 fully saturated rings. The van der Waals surface area contributed by atoms with Crippen LogP contribution in [0.25, 0.3) is 60.4 Å². The number of hydrogen-bond donors (Lipinski definition) is 0. The molecule has 0 unspecified atom stereocenters. The largest absolute Gasteiger partial charge is 0.457 e. The molecule has 65 heavy (non-hydrogen) atoms. The SMILES string of the molecule is C=N/C(=N\C(=NCc1ccccc1)n1c2ccccc2c2cc3c4ccc5c(c4n(-c4ccccc4)c3cc21)-c1ccccc1C51c2ccccc2Oc2ccccc21)c1ccccc1. The van der Waals surface area contributed by atoms with Crippen molar-refractivity contribution in [2.75, 3.05) is 0 Å². The highest BCUT2D eigenvalue weighted by Gasteiger charge is 2.51. The lowest BCUT2D eigenvalue weighted by Gasteiger charge is -2.39. The number of aliphatic imine (C=N–C) groups is 3. The van der Waals surface area contributed by atoms with Crippen molar-refractivity contribution < 1.29 is 4.74 Å². The van der Waals surface area contributed by atoms with Crippen LogP contribution in [0.5, 0.6) is 11.5 Å². The first-order chi connectivity index (χ1) is 32.2. The lowest BCUT2D eigenvalue weighted by atomic mass is 9.66. The van der Waals surface area contributed by atoms with Gasteiger partial charge in [0.25, 0.3) is 0 Å². The highest BCUT2D eigenvalue weighted by Crippen LogP contribution is 2.63. The van der Waals surface area contributed by atoms with E-state index in [1.165, 1.54) is 27.6 Å². The third kappa shape index (κ3) is 5.38. The first-order valence-electron chi connectivity index (χ1n) is 22.0. The summed E-state index contributed by atoms with van der Waals surface area (Å²) in [7, 11) is 0. The fraction of sp³-hybridized carbons (Fsp3) is 0.0339. The van der Waals surface area contributed by atoms with Gasteiger partial charge in [0.15, 0.2) is 5.84 Å². The van der Waals surface area contributed by atoms with Crippen LogP contribution in [0.1, 0.15) is 33.4 Å². The lowest BCUT2D eigenvalue weighted by Crippen LogP contribution is -2.32. The van der Waals surface area contributed by atoms with Crippen molar-refractivity contribution in [3.05, 3.63) is 246 Å². The molecule has 2 aromatic heterocycles. The summed E-state index contributed by atoms with van der Waals surface area (Å²) < 4.78 is 11.4. The summed E-state index contributed by atoms with van der Waals surface area (Å²) in [5.74, 6) is 2.79. The van der Waals surface area contributed by atoms with Gasteiger partial charge in [-0.05, 0) is 71.4 Å². The number of aromatic nitrogens is 2. The summed E-state index contributed by atoms with van der Waals surface area (Å²) in [5, 5.41) is 4.57. The molecule has 1 aliphatic heterocycles. The maximum absolute atomic E-state index is 6.69. The Morgan fingerprint density at radius 3 is 1.86 bits per heavy atom. The molecular formula is C59H39N5O. The van der Waals surface area contributed by atoms with Crippen molar-refractivity contribution in [2.24, 2.45) is 15.0 Å². The van der Waals surface area contributed by atoms with Crippen LogP contribution in [0.3, 0.4) is 0 Å². The first-order valence-corrected chi connectivity index (χ1v) is 22.0. The van der Waals surface area contributed by atoms with Crippen molar-refractivity contribution in [3.63, 3.8) is 0 Å². The van der Waals surface area contributed by atoms with Crippen LogP contribution in [0.4, 0.5) is 0 Å². The van der Waals surface area contributed by atoms with E-state index in [9.17, 15) is 0 Å². The van der Waals surface area contributed by atoms with Crippen LogP contribution in [-0.4, -0.2) is 27.6 Å². The van der Waals surface area contributed by atoms with Crippen LogP contribution in [0.2, 0.25) is 0 Å². The number of amidine groups is 1. The fourth-order valence-electron chi connectivity index (χ4n) is 10.7. The molecule has 9 aromatic carbocycles. The van der Waals surface area contributed by atoms with Crippen LogP contribution >= 0.6 is 0 Å². The summed E-state index contributed by atoms with van der Waals surface area (Å²) in [4.78, 5) is 15.0. The zero-order chi connectivity index (χ0) is 43.1. The van der Waals surface area contributed by atoms with E-state index >= 15 is 0 Å². The Bertz CT molecular complexity index is 3740. The summed E-state index contributed by atoms with van der Waals surface area (Å²) in [6.07, 6.45) is 0. The maximum atomic E-state index is 6.69. The van der Waals surface area contributed by atoms with Gasteiger partial charge in [0.2, 0.25) is 5.96 Å². The Balaban J connectivity index is 1.16. The molecule has 6 heteroatoms. The number of fused-ring (bicyclic) bond motifs is 16. The predicted octanol–water partition coefficient (Wildman–Crippen LogP) is 13.9. The molecule has 306 valence electrons. The molecule has 1 spiro atoms. The molecule has 3 heterocycles. The third-order valence-electron chi connectivity index (χ3n) is 13.4. The third-order valence-corrected chi connectivity index (χ3v) is 13.4. The van der Waals surface area contributed by atoms with Gasteiger partial charge in [-0.25, -0.2) is 9.98 Å². The zero-order valence-electron chi connectivity index (χ0n) is 35.3. The van der Waals surface area contributed by atoms with Gasteiger partial charge in [-0.3, -0.25) is 4.57 Å². The highest BCUT2D eigenvalue weighted by atomic mass is 16.5. The van der Waals surface area contributed by atoms with Crippen LogP contribution in [0.15, 0.2) is 227 Å². The van der Waals surface area contributed by atoms with Crippen LogP contribution < -0.4 is 4.74 Å². The molecule has 1 aliphatic carbocycles. The second-order valence-corrected chi connectivity index (χ2v) is 16.7. The van der Waals surface area contributed by atoms with Gasteiger partial charge in [-0.2, -0.15) is 4.99 Å². The Kier molecular flexibility index (Phi) is 8.24. The molecular weight excluding hydrogens is 795 g/mol. The first kappa shape index (κ1) is 37.0. The average molecular weight is 834 g/mol. The standard InChI is InChI=1S/C59H39N5O/c1-60-57(39-21-7-3-8-22-39)62-58(61-37-38-19-5-2-6-20-38)64-50-30-16-12-25-41(50)44-35-45-42-33-34-49-55(56(42)63(51(45)36-52(44)64)40-23-9-4-10-24-40)43-26-11-13-27-46(43)59(49)47-28-14-17-31-53(47)65-54-32-18-15-29-48(54)59/h2-36H,1,37H2/b61-58?,62-57-. The van der Waals surface area contributed by atoms with Crippen LogP contribution in [-0.2, 0) is 12.0 Å². The summed E-state index contributed by atoms with van der Waals surface area (Å²) in [5.41, 5.74) is 13.9. The Hall–Kier alpha value is -8.61. The van der Waals surface area contributed by atoms with Crippen molar-refractivity contribution >= 4 is 62.1 Å². The van der Waals surface area contributed by atoms with E-state index in [-0.39, 0.29) is 0 Å². The van der Waals surface area contributed by atoms with Gasteiger partial charge in [-0.15, -0.1) is 0 Å². The van der Waals surface area contributed by atoms with Gasteiger partial charge in [0.1, 0.15) is 11.5 Å². The maximum Gasteiger partial charge on any atom is 0.232 e. The summed E-state index contributed by atoms with van der Waals surface area (Å²) in [6.45, 7) is 4.41. The van der Waals surface area contributed by atoms with E-state index in [1.54, 1.807) is 0 Å². The van der Waals surface area contributed by atoms with E-state index < -0.39 is 5.41 Å². The number of hydrogen-bond acceptors (Lipinski definition) is 2. The van der Waals surface area contributed by atoms with Crippen molar-refractivity contribution in [2.45, 2.75) is 12.0 Å². The lowest BCUT2D eigenvalue weighted by molar-refractivity contribution is 0.436. The predicted molar refractivity (Wildman–Crippen MR) is 267 cm³/mol. The van der Waals surface area contributed by atoms with Gasteiger partial charge < -0.3 is 9.30 Å². The number of benzene rings is 9.